The molecule has 2 aromatic rings. The first-order valence-corrected chi connectivity index (χ1v) is 7.61. The van der Waals surface area contributed by atoms with E-state index in [0.29, 0.717) is 12.2 Å². The van der Waals surface area contributed by atoms with Crippen LogP contribution in [0, 0.1) is 5.82 Å². The highest BCUT2D eigenvalue weighted by Crippen LogP contribution is 2.27. The molecule has 0 aliphatic rings. The van der Waals surface area contributed by atoms with Gasteiger partial charge in [-0.2, -0.15) is 0 Å². The van der Waals surface area contributed by atoms with E-state index in [9.17, 15) is 9.18 Å². The second-order valence-corrected chi connectivity index (χ2v) is 5.56. The van der Waals surface area contributed by atoms with Gasteiger partial charge in [-0.3, -0.25) is 0 Å². The number of carbonyl (C=O) groups excluding carboxylic acids is 1. The lowest BCUT2D eigenvalue weighted by atomic mass is 10.0. The van der Waals surface area contributed by atoms with Crippen LogP contribution in [0.15, 0.2) is 48.5 Å². The number of rotatable bonds is 6. The Bertz CT molecular complexity index is 674. The minimum atomic E-state index is -0.344. The van der Waals surface area contributed by atoms with Gasteiger partial charge >= 0.3 is 6.03 Å². The molecule has 0 saturated carbocycles. The summed E-state index contributed by atoms with van der Waals surface area (Å²) in [6, 6.07) is 12.9. The van der Waals surface area contributed by atoms with E-state index >= 15 is 0 Å². The Kier molecular flexibility index (Phi) is 6.14. The summed E-state index contributed by atoms with van der Waals surface area (Å²) in [6.07, 6.45) is 0. The second kappa shape index (κ2) is 8.31. The van der Waals surface area contributed by atoms with E-state index in [1.54, 1.807) is 7.11 Å². The third-order valence-corrected chi connectivity index (χ3v) is 3.68. The van der Waals surface area contributed by atoms with Crippen LogP contribution >= 0.6 is 0 Å². The van der Waals surface area contributed by atoms with E-state index in [2.05, 4.69) is 10.6 Å². The van der Waals surface area contributed by atoms with Crippen molar-refractivity contribution in [1.29, 1.82) is 0 Å². The summed E-state index contributed by atoms with van der Waals surface area (Å²) in [4.78, 5) is 14.1. The molecule has 24 heavy (non-hydrogen) atoms. The maximum atomic E-state index is 12.9. The molecule has 2 N–H and O–H groups in total. The number of halogens is 1. The Labute approximate surface area is 141 Å². The van der Waals surface area contributed by atoms with Crippen molar-refractivity contribution < 1.29 is 13.9 Å². The molecular formula is C18H22FN3O2. The lowest BCUT2D eigenvalue weighted by Gasteiger charge is -2.26. The van der Waals surface area contributed by atoms with Crippen LogP contribution in [-0.2, 0) is 0 Å². The van der Waals surface area contributed by atoms with Gasteiger partial charge in [-0.15, -0.1) is 0 Å². The predicted octanol–water partition coefficient (Wildman–Crippen LogP) is 3.26. The van der Waals surface area contributed by atoms with Crippen LogP contribution < -0.4 is 15.4 Å². The van der Waals surface area contributed by atoms with Crippen molar-refractivity contribution in [3.63, 3.8) is 0 Å². The number of hydrogen-bond donors (Lipinski definition) is 2. The van der Waals surface area contributed by atoms with Crippen LogP contribution in [0.5, 0.6) is 5.75 Å². The van der Waals surface area contributed by atoms with E-state index < -0.39 is 0 Å². The second-order valence-electron chi connectivity index (χ2n) is 5.56. The fourth-order valence-corrected chi connectivity index (χ4v) is 2.41. The molecule has 0 bridgehead atoms. The number of methoxy groups -OCH3 is 1. The summed E-state index contributed by atoms with van der Waals surface area (Å²) in [5.74, 6) is 0.432. The first-order chi connectivity index (χ1) is 11.5. The van der Waals surface area contributed by atoms with Gasteiger partial charge in [0, 0.05) is 17.8 Å². The van der Waals surface area contributed by atoms with Crippen molar-refractivity contribution in [3.8, 4) is 5.75 Å². The van der Waals surface area contributed by atoms with E-state index in [1.165, 1.54) is 24.3 Å². The van der Waals surface area contributed by atoms with Crippen molar-refractivity contribution in [2.45, 2.75) is 6.04 Å². The van der Waals surface area contributed by atoms with Gasteiger partial charge in [0.05, 0.1) is 13.2 Å². The highest BCUT2D eigenvalue weighted by molar-refractivity contribution is 5.89. The number of amides is 2. The SMILES string of the molecule is COc1ccccc1C(CNC(=O)Nc1ccc(F)cc1)N(C)C. The Hall–Kier alpha value is -2.60. The van der Waals surface area contributed by atoms with Gasteiger partial charge in [0.1, 0.15) is 11.6 Å². The maximum absolute atomic E-state index is 12.9. The molecule has 0 heterocycles. The average molecular weight is 331 g/mol. The zero-order chi connectivity index (χ0) is 17.5. The topological polar surface area (TPSA) is 53.6 Å². The summed E-state index contributed by atoms with van der Waals surface area (Å²) in [7, 11) is 5.51. The number of benzene rings is 2. The number of urea groups is 1. The molecule has 0 spiro atoms. The Balaban J connectivity index is 2.01. The molecule has 0 aromatic heterocycles. The van der Waals surface area contributed by atoms with Gasteiger partial charge < -0.3 is 20.3 Å². The fourth-order valence-electron chi connectivity index (χ4n) is 2.41. The Morgan fingerprint density at radius 3 is 2.46 bits per heavy atom. The lowest BCUT2D eigenvalue weighted by Crippen LogP contribution is -2.37. The molecular weight excluding hydrogens is 309 g/mol. The molecule has 0 aliphatic heterocycles. The molecule has 0 saturated heterocycles. The lowest BCUT2D eigenvalue weighted by molar-refractivity contribution is 0.242. The molecule has 2 rings (SSSR count). The van der Waals surface area contributed by atoms with Crippen LogP contribution in [0.25, 0.3) is 0 Å². The number of nitrogens with zero attached hydrogens (tertiary/aromatic N) is 1. The largest absolute Gasteiger partial charge is 0.496 e. The molecule has 1 unspecified atom stereocenters. The molecule has 128 valence electrons. The average Bonchev–Trinajstić information content (AvgIpc) is 2.57. The van der Waals surface area contributed by atoms with E-state index in [1.807, 2.05) is 43.3 Å². The number of ether oxygens (including phenoxy) is 1. The number of carbonyl (C=O) groups is 1. The van der Waals surface area contributed by atoms with Gasteiger partial charge in [-0.05, 0) is 44.4 Å². The molecule has 2 amide bonds. The molecule has 0 aliphatic carbocycles. The smallest absolute Gasteiger partial charge is 0.319 e. The highest BCUT2D eigenvalue weighted by Gasteiger charge is 2.18. The summed E-state index contributed by atoms with van der Waals surface area (Å²) in [5.41, 5.74) is 1.53. The predicted molar refractivity (Wildman–Crippen MR) is 92.8 cm³/mol. The number of likely N-dealkylation sites (N-methyl/N-ethyl adjacent to an activating group) is 1. The summed E-state index contributed by atoms with van der Waals surface area (Å²) >= 11 is 0. The van der Waals surface area contributed by atoms with Crippen molar-refractivity contribution in [1.82, 2.24) is 10.2 Å². The summed E-state index contributed by atoms with van der Waals surface area (Å²) in [5, 5.41) is 5.51. The standard InChI is InChI=1S/C18H22FN3O2/c1-22(2)16(15-6-4-5-7-17(15)24-3)12-20-18(23)21-14-10-8-13(19)9-11-14/h4-11,16H,12H2,1-3H3,(H2,20,21,23). The van der Waals surface area contributed by atoms with Crippen LogP contribution in [0.3, 0.4) is 0 Å². The third-order valence-electron chi connectivity index (χ3n) is 3.68. The number of para-hydroxylation sites is 1. The Morgan fingerprint density at radius 2 is 1.83 bits per heavy atom. The highest BCUT2D eigenvalue weighted by atomic mass is 19.1. The van der Waals surface area contributed by atoms with Gasteiger partial charge in [0.25, 0.3) is 0 Å². The summed E-state index contributed by atoms with van der Waals surface area (Å²) in [6.45, 7) is 0.403. The number of hydrogen-bond acceptors (Lipinski definition) is 3. The minimum Gasteiger partial charge on any atom is -0.496 e. The van der Waals surface area contributed by atoms with Crippen molar-refractivity contribution >= 4 is 11.7 Å². The molecule has 0 radical (unpaired) electrons. The normalized spacial score (nSPS) is 11.9. The van der Waals surface area contributed by atoms with Gasteiger partial charge in [0.15, 0.2) is 0 Å². The first kappa shape index (κ1) is 17.7. The zero-order valence-corrected chi connectivity index (χ0v) is 14.0. The van der Waals surface area contributed by atoms with E-state index in [0.717, 1.165) is 11.3 Å². The molecule has 1 atom stereocenters. The van der Waals surface area contributed by atoms with Crippen LogP contribution in [0.4, 0.5) is 14.9 Å². The fraction of sp³-hybridized carbons (Fsp3) is 0.278. The van der Waals surface area contributed by atoms with Gasteiger partial charge in [-0.1, -0.05) is 18.2 Å². The monoisotopic (exact) mass is 331 g/mol. The van der Waals surface area contributed by atoms with Crippen molar-refractivity contribution in [2.75, 3.05) is 33.1 Å². The molecule has 0 fully saturated rings. The molecule has 2 aromatic carbocycles. The van der Waals surface area contributed by atoms with E-state index in [4.69, 9.17) is 4.74 Å². The number of nitrogens with one attached hydrogen (secondary N) is 2. The maximum Gasteiger partial charge on any atom is 0.319 e. The quantitative estimate of drug-likeness (QED) is 0.854. The summed E-state index contributed by atoms with van der Waals surface area (Å²) < 4.78 is 18.3. The van der Waals surface area contributed by atoms with Crippen molar-refractivity contribution in [2.24, 2.45) is 0 Å². The molecule has 6 heteroatoms. The zero-order valence-electron chi connectivity index (χ0n) is 14.0. The molecule has 5 nitrogen and oxygen atoms in total. The number of anilines is 1. The van der Waals surface area contributed by atoms with Crippen LogP contribution in [-0.4, -0.2) is 38.7 Å². The van der Waals surface area contributed by atoms with Gasteiger partial charge in [-0.25, -0.2) is 9.18 Å². The first-order valence-electron chi connectivity index (χ1n) is 7.61. The van der Waals surface area contributed by atoms with Crippen molar-refractivity contribution in [3.05, 3.63) is 59.9 Å². The van der Waals surface area contributed by atoms with Crippen LogP contribution in [0.2, 0.25) is 0 Å². The van der Waals surface area contributed by atoms with Gasteiger partial charge in [0.2, 0.25) is 0 Å². The van der Waals surface area contributed by atoms with E-state index in [-0.39, 0.29) is 17.9 Å². The minimum absolute atomic E-state index is 0.0416. The third kappa shape index (κ3) is 4.70. The van der Waals surface area contributed by atoms with Crippen LogP contribution in [0.1, 0.15) is 11.6 Å². The Morgan fingerprint density at radius 1 is 1.17 bits per heavy atom.